The molecule has 4 rings (SSSR count). The van der Waals surface area contributed by atoms with E-state index in [1.54, 1.807) is 0 Å². The van der Waals surface area contributed by atoms with Crippen molar-refractivity contribution in [1.29, 1.82) is 0 Å². The van der Waals surface area contributed by atoms with Crippen LogP contribution in [0.5, 0.6) is 0 Å². The molecule has 1 aliphatic rings. The van der Waals surface area contributed by atoms with Gasteiger partial charge >= 0.3 is 0 Å². The molecule has 1 fully saturated rings. The van der Waals surface area contributed by atoms with E-state index in [1.807, 2.05) is 53.6 Å². The number of benzene rings is 1. The lowest BCUT2D eigenvalue weighted by atomic mass is 9.94. The van der Waals surface area contributed by atoms with Gasteiger partial charge in [-0.15, -0.1) is 11.3 Å². The van der Waals surface area contributed by atoms with E-state index in [2.05, 4.69) is 10.1 Å². The molecule has 5 nitrogen and oxygen atoms in total. The monoisotopic (exact) mass is 395 g/mol. The summed E-state index contributed by atoms with van der Waals surface area (Å²) in [7, 11) is 0. The molecule has 0 N–H and O–H groups in total. The third kappa shape index (κ3) is 4.33. The van der Waals surface area contributed by atoms with Crippen LogP contribution in [0.2, 0.25) is 0 Å². The van der Waals surface area contributed by atoms with Crippen LogP contribution in [0.25, 0.3) is 11.4 Å². The van der Waals surface area contributed by atoms with Crippen LogP contribution in [-0.2, 0) is 6.42 Å². The second-order valence-electron chi connectivity index (χ2n) is 7.40. The molecular weight excluding hydrogens is 370 g/mol. The Labute approximate surface area is 169 Å². The molecule has 0 unspecified atom stereocenters. The highest BCUT2D eigenvalue weighted by Gasteiger charge is 2.27. The smallest absolute Gasteiger partial charge is 0.264 e. The van der Waals surface area contributed by atoms with Crippen LogP contribution in [0.3, 0.4) is 0 Å². The van der Waals surface area contributed by atoms with Gasteiger partial charge in [-0.05, 0) is 37.3 Å². The minimum Gasteiger partial charge on any atom is -0.339 e. The van der Waals surface area contributed by atoms with Crippen molar-refractivity contribution in [2.75, 3.05) is 6.54 Å². The van der Waals surface area contributed by atoms with Gasteiger partial charge in [-0.3, -0.25) is 4.79 Å². The lowest BCUT2D eigenvalue weighted by molar-refractivity contribution is 0.0637. The fourth-order valence-corrected chi connectivity index (χ4v) is 4.54. The Hall–Kier alpha value is -2.47. The molecular formula is C22H25N3O2S. The number of hydrogen-bond donors (Lipinski definition) is 0. The fraction of sp³-hybridized carbons (Fsp3) is 0.409. The highest BCUT2D eigenvalue weighted by atomic mass is 32.1. The van der Waals surface area contributed by atoms with Gasteiger partial charge in [0, 0.05) is 24.6 Å². The van der Waals surface area contributed by atoms with Gasteiger partial charge in [-0.1, -0.05) is 54.2 Å². The van der Waals surface area contributed by atoms with Crippen LogP contribution in [0.1, 0.15) is 53.2 Å². The van der Waals surface area contributed by atoms with E-state index >= 15 is 0 Å². The van der Waals surface area contributed by atoms with Crippen LogP contribution in [0.4, 0.5) is 0 Å². The first kappa shape index (κ1) is 18.9. The first-order chi connectivity index (χ1) is 13.7. The molecule has 3 aromatic rings. The summed E-state index contributed by atoms with van der Waals surface area (Å²) in [5.41, 5.74) is 2.11. The summed E-state index contributed by atoms with van der Waals surface area (Å²) < 4.78 is 5.47. The number of rotatable bonds is 6. The Morgan fingerprint density at radius 1 is 1.21 bits per heavy atom. The van der Waals surface area contributed by atoms with Crippen LogP contribution in [0, 0.1) is 6.92 Å². The van der Waals surface area contributed by atoms with Crippen molar-refractivity contribution < 1.29 is 9.32 Å². The molecule has 2 aromatic heterocycles. The van der Waals surface area contributed by atoms with Crippen molar-refractivity contribution in [3.8, 4) is 11.4 Å². The summed E-state index contributed by atoms with van der Waals surface area (Å²) in [4.78, 5) is 20.4. The summed E-state index contributed by atoms with van der Waals surface area (Å²) in [5.74, 6) is 1.31. The minimum atomic E-state index is 0.125. The third-order valence-corrected chi connectivity index (χ3v) is 6.18. The number of carbonyl (C=O) groups excluding carboxylic acids is 1. The molecule has 6 heteroatoms. The van der Waals surface area contributed by atoms with Crippen molar-refractivity contribution >= 4 is 17.2 Å². The molecule has 0 radical (unpaired) electrons. The maximum atomic E-state index is 13.1. The SMILES string of the molecule is Cc1cccc(-c2noc(CCN(C(=O)c3cccs3)C3CCCCC3)n2)c1. The van der Waals surface area contributed by atoms with Crippen molar-refractivity contribution in [3.05, 3.63) is 58.1 Å². The average molecular weight is 396 g/mol. The van der Waals surface area contributed by atoms with Gasteiger partial charge in [-0.25, -0.2) is 0 Å². The van der Waals surface area contributed by atoms with E-state index in [4.69, 9.17) is 4.52 Å². The third-order valence-electron chi connectivity index (χ3n) is 5.32. The highest BCUT2D eigenvalue weighted by Crippen LogP contribution is 2.25. The number of amides is 1. The first-order valence-electron chi connectivity index (χ1n) is 9.95. The van der Waals surface area contributed by atoms with E-state index in [1.165, 1.54) is 30.6 Å². The highest BCUT2D eigenvalue weighted by molar-refractivity contribution is 7.12. The lowest BCUT2D eigenvalue weighted by Gasteiger charge is -2.34. The Morgan fingerprint density at radius 3 is 2.82 bits per heavy atom. The fourth-order valence-electron chi connectivity index (χ4n) is 3.86. The van der Waals surface area contributed by atoms with Crippen molar-refractivity contribution in [2.45, 2.75) is 51.5 Å². The molecule has 0 saturated heterocycles. The number of hydrogen-bond acceptors (Lipinski definition) is 5. The van der Waals surface area contributed by atoms with Gasteiger partial charge in [-0.2, -0.15) is 4.98 Å². The predicted molar refractivity (Wildman–Crippen MR) is 110 cm³/mol. The van der Waals surface area contributed by atoms with Crippen molar-refractivity contribution in [3.63, 3.8) is 0 Å². The van der Waals surface area contributed by atoms with E-state index in [-0.39, 0.29) is 5.91 Å². The lowest BCUT2D eigenvalue weighted by Crippen LogP contribution is -2.42. The Bertz CT molecular complexity index is 914. The maximum Gasteiger partial charge on any atom is 0.264 e. The molecule has 0 atom stereocenters. The van der Waals surface area contributed by atoms with Gasteiger partial charge in [0.15, 0.2) is 0 Å². The molecule has 2 heterocycles. The topological polar surface area (TPSA) is 59.2 Å². The summed E-state index contributed by atoms with van der Waals surface area (Å²) in [6, 6.07) is 12.2. The van der Waals surface area contributed by atoms with E-state index in [9.17, 15) is 4.79 Å². The number of nitrogens with zero attached hydrogens (tertiary/aromatic N) is 3. The van der Waals surface area contributed by atoms with E-state index in [0.717, 1.165) is 28.8 Å². The molecule has 0 spiro atoms. The zero-order chi connectivity index (χ0) is 19.3. The van der Waals surface area contributed by atoms with Gasteiger partial charge < -0.3 is 9.42 Å². The minimum absolute atomic E-state index is 0.125. The second-order valence-corrected chi connectivity index (χ2v) is 8.35. The van der Waals surface area contributed by atoms with Crippen LogP contribution >= 0.6 is 11.3 Å². The molecule has 0 bridgehead atoms. The number of aromatic nitrogens is 2. The zero-order valence-corrected chi connectivity index (χ0v) is 17.0. The van der Waals surface area contributed by atoms with Crippen LogP contribution in [-0.4, -0.2) is 33.5 Å². The molecule has 0 aliphatic heterocycles. The van der Waals surface area contributed by atoms with Crippen molar-refractivity contribution in [1.82, 2.24) is 15.0 Å². The maximum absolute atomic E-state index is 13.1. The summed E-state index contributed by atoms with van der Waals surface area (Å²) in [5, 5.41) is 6.08. The quantitative estimate of drug-likeness (QED) is 0.581. The predicted octanol–water partition coefficient (Wildman–Crippen LogP) is 5.12. The van der Waals surface area contributed by atoms with Gasteiger partial charge in [0.25, 0.3) is 5.91 Å². The summed E-state index contributed by atoms with van der Waals surface area (Å²) in [6.07, 6.45) is 6.38. The molecule has 146 valence electrons. The largest absolute Gasteiger partial charge is 0.339 e. The Morgan fingerprint density at radius 2 is 2.07 bits per heavy atom. The summed E-state index contributed by atoms with van der Waals surface area (Å²) in [6.45, 7) is 2.65. The van der Waals surface area contributed by atoms with Crippen LogP contribution < -0.4 is 0 Å². The van der Waals surface area contributed by atoms with Gasteiger partial charge in [0.05, 0.1) is 4.88 Å². The molecule has 1 aliphatic carbocycles. The van der Waals surface area contributed by atoms with Gasteiger partial charge in [0.1, 0.15) is 0 Å². The second kappa shape index (κ2) is 8.69. The molecule has 1 aromatic carbocycles. The Balaban J connectivity index is 1.47. The zero-order valence-electron chi connectivity index (χ0n) is 16.1. The standard InChI is InChI=1S/C22H25N3O2S/c1-16-7-5-8-17(15-16)21-23-20(27-24-21)12-13-25(18-9-3-2-4-10-18)22(26)19-11-6-14-28-19/h5-8,11,14-15,18H,2-4,9-10,12-13H2,1H3. The number of aryl methyl sites for hydroxylation is 1. The Kier molecular flexibility index (Phi) is 5.86. The normalized spacial score (nSPS) is 14.9. The summed E-state index contributed by atoms with van der Waals surface area (Å²) >= 11 is 1.51. The molecule has 1 amide bonds. The van der Waals surface area contributed by atoms with Crippen LogP contribution in [0.15, 0.2) is 46.3 Å². The molecule has 28 heavy (non-hydrogen) atoms. The molecule has 1 saturated carbocycles. The van der Waals surface area contributed by atoms with Crippen molar-refractivity contribution in [2.24, 2.45) is 0 Å². The average Bonchev–Trinajstić information content (AvgIpc) is 3.41. The van der Waals surface area contributed by atoms with Gasteiger partial charge in [0.2, 0.25) is 11.7 Å². The first-order valence-corrected chi connectivity index (χ1v) is 10.8. The van der Waals surface area contributed by atoms with E-state index in [0.29, 0.717) is 30.7 Å². The van der Waals surface area contributed by atoms with E-state index < -0.39 is 0 Å². The number of carbonyl (C=O) groups is 1. The number of thiophene rings is 1.